The molecule has 1 saturated heterocycles. The first-order chi connectivity index (χ1) is 2.84. The molecule has 2 heteroatoms. The molecule has 1 aliphatic heterocycles. The second-order valence-electron chi connectivity index (χ2n) is 1.56. The fourth-order valence-corrected chi connectivity index (χ4v) is 0.422. The van der Waals surface area contributed by atoms with Gasteiger partial charge in [-0.25, -0.2) is 0 Å². The first kappa shape index (κ1) is 4.09. The molecule has 1 N–H and O–H groups in total. The van der Waals surface area contributed by atoms with Gasteiger partial charge in [-0.05, 0) is 6.92 Å². The van der Waals surface area contributed by atoms with E-state index in [1.165, 1.54) is 0 Å². The molecule has 1 fully saturated rings. The molecule has 2 unspecified atom stereocenters. The predicted octanol–water partition coefficient (Wildman–Crippen LogP) is -0.234. The Kier molecular flexibility index (Phi) is 0.821. The molecule has 0 aromatic rings. The van der Waals surface area contributed by atoms with Crippen molar-refractivity contribution >= 4 is 0 Å². The third-order valence-corrected chi connectivity index (χ3v) is 1.02. The van der Waals surface area contributed by atoms with Gasteiger partial charge >= 0.3 is 0 Å². The van der Waals surface area contributed by atoms with E-state index in [9.17, 15) is 0 Å². The zero-order valence-electron chi connectivity index (χ0n) is 3.72. The highest BCUT2D eigenvalue weighted by molar-refractivity contribution is 4.78. The first-order valence-electron chi connectivity index (χ1n) is 2.11. The number of aliphatic hydroxyl groups is 1. The number of rotatable bonds is 1. The second kappa shape index (κ2) is 1.21. The summed E-state index contributed by atoms with van der Waals surface area (Å²) in [6.07, 6.45) is 0.472. The van der Waals surface area contributed by atoms with E-state index < -0.39 is 0 Å². The summed E-state index contributed by atoms with van der Waals surface area (Å²) < 4.78 is 4.82. The molecule has 6 heavy (non-hydrogen) atoms. The molecular formula is C4H8O2. The van der Waals surface area contributed by atoms with Gasteiger partial charge in [0.1, 0.15) is 6.10 Å². The number of epoxide rings is 1. The summed E-state index contributed by atoms with van der Waals surface area (Å²) in [4.78, 5) is 0. The Morgan fingerprint density at radius 2 is 2.33 bits per heavy atom. The van der Waals surface area contributed by atoms with E-state index in [2.05, 4.69) is 0 Å². The summed E-state index contributed by atoms with van der Waals surface area (Å²) >= 11 is 0. The SMILES string of the molecule is CC1OC1CO. The van der Waals surface area contributed by atoms with Crippen LogP contribution in [0.2, 0.25) is 0 Å². The highest BCUT2D eigenvalue weighted by Crippen LogP contribution is 2.18. The monoisotopic (exact) mass is 88.1 g/mol. The lowest BCUT2D eigenvalue weighted by Crippen LogP contribution is -1.93. The number of hydrogen-bond acceptors (Lipinski definition) is 2. The molecular weight excluding hydrogens is 80.0 g/mol. The molecule has 2 nitrogen and oxygen atoms in total. The Morgan fingerprint density at radius 3 is 2.33 bits per heavy atom. The molecule has 0 spiro atoms. The summed E-state index contributed by atoms with van der Waals surface area (Å²) in [6, 6.07) is 0. The maximum atomic E-state index is 8.25. The van der Waals surface area contributed by atoms with Crippen molar-refractivity contribution in [3.63, 3.8) is 0 Å². The molecule has 0 aromatic heterocycles. The summed E-state index contributed by atoms with van der Waals surface area (Å²) in [6.45, 7) is 2.13. The molecule has 1 aliphatic rings. The van der Waals surface area contributed by atoms with Gasteiger partial charge in [-0.15, -0.1) is 0 Å². The van der Waals surface area contributed by atoms with Gasteiger partial charge in [0.2, 0.25) is 0 Å². The average molecular weight is 88.1 g/mol. The van der Waals surface area contributed by atoms with Crippen molar-refractivity contribution in [3.05, 3.63) is 0 Å². The van der Waals surface area contributed by atoms with Crippen LogP contribution in [0.25, 0.3) is 0 Å². The summed E-state index contributed by atoms with van der Waals surface area (Å²) in [7, 11) is 0. The quantitative estimate of drug-likeness (QED) is 0.449. The van der Waals surface area contributed by atoms with Gasteiger partial charge in [-0.2, -0.15) is 0 Å². The van der Waals surface area contributed by atoms with E-state index >= 15 is 0 Å². The van der Waals surface area contributed by atoms with Gasteiger partial charge in [0.25, 0.3) is 0 Å². The topological polar surface area (TPSA) is 32.8 Å². The number of ether oxygens (including phenoxy) is 1. The molecule has 2 atom stereocenters. The maximum Gasteiger partial charge on any atom is 0.107 e. The Labute approximate surface area is 36.7 Å². The van der Waals surface area contributed by atoms with Gasteiger partial charge in [0.05, 0.1) is 12.7 Å². The summed E-state index contributed by atoms with van der Waals surface area (Å²) in [5.41, 5.74) is 0. The maximum absolute atomic E-state index is 8.25. The summed E-state index contributed by atoms with van der Waals surface area (Å²) in [5.74, 6) is 0. The number of hydrogen-bond donors (Lipinski definition) is 1. The predicted molar refractivity (Wildman–Crippen MR) is 21.4 cm³/mol. The van der Waals surface area contributed by atoms with Crippen LogP contribution in [0, 0.1) is 0 Å². The van der Waals surface area contributed by atoms with Crippen LogP contribution in [-0.2, 0) is 4.74 Å². The minimum atomic E-state index is 0.157. The molecule has 0 aromatic carbocycles. The van der Waals surface area contributed by atoms with Crippen LogP contribution >= 0.6 is 0 Å². The van der Waals surface area contributed by atoms with Gasteiger partial charge in [-0.1, -0.05) is 0 Å². The third kappa shape index (κ3) is 0.533. The van der Waals surface area contributed by atoms with Crippen molar-refractivity contribution in [1.29, 1.82) is 0 Å². The largest absolute Gasteiger partial charge is 0.394 e. The van der Waals surface area contributed by atoms with E-state index in [0.717, 1.165) is 0 Å². The normalized spacial score (nSPS) is 43.0. The molecule has 0 aliphatic carbocycles. The van der Waals surface area contributed by atoms with Crippen LogP contribution < -0.4 is 0 Å². The lowest BCUT2D eigenvalue weighted by Gasteiger charge is -1.73. The number of aliphatic hydroxyl groups excluding tert-OH is 1. The molecule has 0 amide bonds. The second-order valence-corrected chi connectivity index (χ2v) is 1.56. The van der Waals surface area contributed by atoms with Crippen LogP contribution in [0.3, 0.4) is 0 Å². The Hall–Kier alpha value is -0.0800. The van der Waals surface area contributed by atoms with Gasteiger partial charge in [0.15, 0.2) is 0 Å². The van der Waals surface area contributed by atoms with Gasteiger partial charge < -0.3 is 9.84 Å². The zero-order chi connectivity index (χ0) is 4.57. The van der Waals surface area contributed by atoms with Crippen molar-refractivity contribution < 1.29 is 9.84 Å². The average Bonchev–Trinajstić information content (AvgIpc) is 2.19. The Bertz CT molecular complexity index is 51.5. The Morgan fingerprint density at radius 1 is 1.83 bits per heavy atom. The van der Waals surface area contributed by atoms with Crippen molar-refractivity contribution in [2.75, 3.05) is 6.61 Å². The van der Waals surface area contributed by atoms with Crippen molar-refractivity contribution in [1.82, 2.24) is 0 Å². The van der Waals surface area contributed by atoms with E-state index in [0.29, 0.717) is 6.10 Å². The highest BCUT2D eigenvalue weighted by Gasteiger charge is 2.32. The smallest absolute Gasteiger partial charge is 0.107 e. The molecule has 0 bridgehead atoms. The van der Waals surface area contributed by atoms with Crippen LogP contribution in [0.4, 0.5) is 0 Å². The van der Waals surface area contributed by atoms with Gasteiger partial charge in [-0.3, -0.25) is 0 Å². The molecule has 36 valence electrons. The molecule has 0 radical (unpaired) electrons. The van der Waals surface area contributed by atoms with Crippen LogP contribution in [0.15, 0.2) is 0 Å². The lowest BCUT2D eigenvalue weighted by molar-refractivity contribution is 0.242. The Balaban J connectivity index is 2.09. The highest BCUT2D eigenvalue weighted by atomic mass is 16.6. The van der Waals surface area contributed by atoms with Crippen molar-refractivity contribution in [3.8, 4) is 0 Å². The van der Waals surface area contributed by atoms with Crippen molar-refractivity contribution in [2.24, 2.45) is 0 Å². The molecule has 1 heterocycles. The van der Waals surface area contributed by atoms with Crippen LogP contribution in [0.1, 0.15) is 6.92 Å². The fourth-order valence-electron chi connectivity index (χ4n) is 0.422. The van der Waals surface area contributed by atoms with Gasteiger partial charge in [0, 0.05) is 0 Å². The van der Waals surface area contributed by atoms with E-state index in [4.69, 9.17) is 9.84 Å². The minimum absolute atomic E-state index is 0.157. The van der Waals surface area contributed by atoms with Crippen LogP contribution in [-0.4, -0.2) is 23.9 Å². The first-order valence-corrected chi connectivity index (χ1v) is 2.11. The van der Waals surface area contributed by atoms with E-state index in [-0.39, 0.29) is 12.7 Å². The minimum Gasteiger partial charge on any atom is -0.394 e. The van der Waals surface area contributed by atoms with E-state index in [1.54, 1.807) is 0 Å². The molecule has 1 rings (SSSR count). The molecule has 0 saturated carbocycles. The lowest BCUT2D eigenvalue weighted by atomic mass is 10.4. The van der Waals surface area contributed by atoms with Crippen LogP contribution in [0.5, 0.6) is 0 Å². The fraction of sp³-hybridized carbons (Fsp3) is 1.00. The standard InChI is InChI=1S/C4H8O2/c1-3-4(2-5)6-3/h3-5H,2H2,1H3. The zero-order valence-corrected chi connectivity index (χ0v) is 3.72. The summed E-state index contributed by atoms with van der Waals surface area (Å²) in [5, 5.41) is 8.25. The van der Waals surface area contributed by atoms with Crippen molar-refractivity contribution in [2.45, 2.75) is 19.1 Å². The third-order valence-electron chi connectivity index (χ3n) is 1.02. The van der Waals surface area contributed by atoms with E-state index in [1.807, 2.05) is 6.92 Å².